The monoisotopic (exact) mass is 412 g/mol. The van der Waals surface area contributed by atoms with Crippen LogP contribution in [0.4, 0.5) is 15.8 Å². The highest BCUT2D eigenvalue weighted by Gasteiger charge is 2.29. The van der Waals surface area contributed by atoms with E-state index >= 15 is 0 Å². The van der Waals surface area contributed by atoms with E-state index in [-0.39, 0.29) is 46.7 Å². The molecule has 4 rings (SSSR count). The van der Waals surface area contributed by atoms with Gasteiger partial charge >= 0.3 is 0 Å². The summed E-state index contributed by atoms with van der Waals surface area (Å²) < 4.78 is 19.4. The van der Waals surface area contributed by atoms with Crippen LogP contribution in [-0.2, 0) is 9.59 Å². The highest BCUT2D eigenvalue weighted by Crippen LogP contribution is 2.32. The molecule has 29 heavy (non-hydrogen) atoms. The summed E-state index contributed by atoms with van der Waals surface area (Å²) in [6.07, 6.45) is 0.197. The van der Waals surface area contributed by atoms with Gasteiger partial charge in [0.25, 0.3) is 11.1 Å². The summed E-state index contributed by atoms with van der Waals surface area (Å²) in [4.78, 5) is 26.6. The molecule has 0 fully saturated rings. The maximum absolute atomic E-state index is 13.9. The first-order valence-electron chi connectivity index (χ1n) is 8.95. The summed E-state index contributed by atoms with van der Waals surface area (Å²) in [6, 6.07) is 13.0. The van der Waals surface area contributed by atoms with E-state index < -0.39 is 5.82 Å². The molecule has 1 aliphatic rings. The number of amides is 2. The van der Waals surface area contributed by atoms with Crippen molar-refractivity contribution in [2.24, 2.45) is 0 Å². The zero-order chi connectivity index (χ0) is 20.4. The minimum Gasteiger partial charge on any atom is -0.411 e. The second-order valence-electron chi connectivity index (χ2n) is 6.52. The fraction of sp³-hybridized carbons (Fsp3) is 0.200. The summed E-state index contributed by atoms with van der Waals surface area (Å²) in [5.41, 5.74) is 1.45. The molecule has 2 aromatic carbocycles. The van der Waals surface area contributed by atoms with Gasteiger partial charge < -0.3 is 14.6 Å². The number of hydrogen-bond donors (Lipinski definition) is 1. The van der Waals surface area contributed by atoms with Crippen molar-refractivity contribution < 1.29 is 18.4 Å². The third kappa shape index (κ3) is 4.00. The Morgan fingerprint density at radius 3 is 2.83 bits per heavy atom. The van der Waals surface area contributed by atoms with E-state index in [9.17, 15) is 14.0 Å². The van der Waals surface area contributed by atoms with Crippen LogP contribution in [0.15, 0.2) is 58.2 Å². The maximum atomic E-state index is 13.9. The molecule has 1 N–H and O–H groups in total. The molecule has 2 heterocycles. The number of anilines is 2. The van der Waals surface area contributed by atoms with Gasteiger partial charge in [-0.25, -0.2) is 4.39 Å². The van der Waals surface area contributed by atoms with E-state index in [2.05, 4.69) is 15.5 Å². The van der Waals surface area contributed by atoms with Gasteiger partial charge in [-0.05, 0) is 31.2 Å². The number of benzene rings is 2. The van der Waals surface area contributed by atoms with E-state index in [1.807, 2.05) is 13.0 Å². The standard InChI is InChI=1S/C20H17FN4O3S/c1-12-10-17(26)22-15-8-4-5-9-16(15)25(12)18(27)11-29-20-24-23-19(28-20)13-6-2-3-7-14(13)21/h2-9,12H,10-11H2,1H3,(H,22,26)/t12-/m1/s1. The zero-order valence-corrected chi connectivity index (χ0v) is 16.3. The van der Waals surface area contributed by atoms with Crippen molar-refractivity contribution in [3.8, 4) is 11.5 Å². The van der Waals surface area contributed by atoms with Crippen LogP contribution < -0.4 is 10.2 Å². The number of hydrogen-bond acceptors (Lipinski definition) is 6. The van der Waals surface area contributed by atoms with Crippen LogP contribution in [-0.4, -0.2) is 33.8 Å². The second-order valence-corrected chi connectivity index (χ2v) is 7.45. The second kappa shape index (κ2) is 8.04. The van der Waals surface area contributed by atoms with Crippen LogP contribution in [0.3, 0.4) is 0 Å². The smallest absolute Gasteiger partial charge is 0.277 e. The Hall–Kier alpha value is -3.20. The van der Waals surface area contributed by atoms with Crippen molar-refractivity contribution in [3.63, 3.8) is 0 Å². The van der Waals surface area contributed by atoms with E-state index in [0.29, 0.717) is 11.4 Å². The van der Waals surface area contributed by atoms with Gasteiger partial charge in [0.2, 0.25) is 11.8 Å². The summed E-state index contributed by atoms with van der Waals surface area (Å²) in [7, 11) is 0. The molecule has 9 heteroatoms. The lowest BCUT2D eigenvalue weighted by Crippen LogP contribution is -2.40. The Morgan fingerprint density at radius 2 is 2.00 bits per heavy atom. The minimum atomic E-state index is -0.462. The van der Waals surface area contributed by atoms with Crippen LogP contribution >= 0.6 is 11.8 Å². The van der Waals surface area contributed by atoms with Crippen molar-refractivity contribution >= 4 is 35.0 Å². The maximum Gasteiger partial charge on any atom is 0.277 e. The highest BCUT2D eigenvalue weighted by atomic mass is 32.2. The zero-order valence-electron chi connectivity index (χ0n) is 15.5. The first kappa shape index (κ1) is 19.1. The van der Waals surface area contributed by atoms with Gasteiger partial charge in [0.05, 0.1) is 22.7 Å². The SMILES string of the molecule is C[C@@H]1CC(=O)Nc2ccccc2N1C(=O)CSc1nnc(-c2ccccc2F)o1. The number of fused-ring (bicyclic) bond motifs is 1. The fourth-order valence-corrected chi connectivity index (χ4v) is 3.79. The number of rotatable bonds is 4. The van der Waals surface area contributed by atoms with Crippen molar-refractivity contribution in [2.75, 3.05) is 16.0 Å². The molecule has 3 aromatic rings. The number of nitrogens with zero attached hydrogens (tertiary/aromatic N) is 3. The molecule has 148 valence electrons. The van der Waals surface area contributed by atoms with Gasteiger partial charge in [-0.2, -0.15) is 0 Å². The molecule has 0 spiro atoms. The van der Waals surface area contributed by atoms with Gasteiger partial charge in [-0.3, -0.25) is 9.59 Å². The Balaban J connectivity index is 1.50. The molecule has 0 saturated heterocycles. The van der Waals surface area contributed by atoms with Crippen LogP contribution in [0.5, 0.6) is 0 Å². The molecule has 0 bridgehead atoms. The molecule has 0 saturated carbocycles. The van der Waals surface area contributed by atoms with E-state index in [4.69, 9.17) is 4.42 Å². The van der Waals surface area contributed by atoms with Crippen molar-refractivity contribution in [2.45, 2.75) is 24.6 Å². The number of nitrogens with one attached hydrogen (secondary N) is 1. The lowest BCUT2D eigenvalue weighted by atomic mass is 10.2. The lowest BCUT2D eigenvalue weighted by Gasteiger charge is -2.27. The largest absolute Gasteiger partial charge is 0.411 e. The molecular weight excluding hydrogens is 395 g/mol. The summed E-state index contributed by atoms with van der Waals surface area (Å²) in [5.74, 6) is -0.708. The van der Waals surface area contributed by atoms with Gasteiger partial charge in [0.15, 0.2) is 0 Å². The molecule has 0 radical (unpaired) electrons. The van der Waals surface area contributed by atoms with Crippen LogP contribution in [0.1, 0.15) is 13.3 Å². The number of aromatic nitrogens is 2. The molecule has 1 atom stereocenters. The predicted octanol–water partition coefficient (Wildman–Crippen LogP) is 3.73. The number of para-hydroxylation sites is 2. The van der Waals surface area contributed by atoms with Gasteiger partial charge in [0.1, 0.15) is 5.82 Å². The number of thioether (sulfide) groups is 1. The average molecular weight is 412 g/mol. The first-order chi connectivity index (χ1) is 14.0. The van der Waals surface area contributed by atoms with E-state index in [1.54, 1.807) is 41.3 Å². The summed E-state index contributed by atoms with van der Waals surface area (Å²) in [6.45, 7) is 1.83. The quantitative estimate of drug-likeness (QED) is 0.657. The van der Waals surface area contributed by atoms with Crippen molar-refractivity contribution in [1.82, 2.24) is 10.2 Å². The van der Waals surface area contributed by atoms with E-state index in [1.165, 1.54) is 6.07 Å². The molecule has 7 nitrogen and oxygen atoms in total. The third-order valence-electron chi connectivity index (χ3n) is 4.46. The Kier molecular flexibility index (Phi) is 5.30. The molecule has 2 amide bonds. The molecule has 1 aromatic heterocycles. The molecule has 0 aliphatic carbocycles. The Morgan fingerprint density at radius 1 is 1.24 bits per heavy atom. The number of halogens is 1. The summed E-state index contributed by atoms with van der Waals surface area (Å²) in [5, 5.41) is 10.7. The Bertz CT molecular complexity index is 1070. The highest BCUT2D eigenvalue weighted by molar-refractivity contribution is 7.99. The van der Waals surface area contributed by atoms with Crippen LogP contribution in [0.25, 0.3) is 11.5 Å². The van der Waals surface area contributed by atoms with Crippen molar-refractivity contribution in [3.05, 3.63) is 54.3 Å². The van der Waals surface area contributed by atoms with Gasteiger partial charge in [0, 0.05) is 12.5 Å². The first-order valence-corrected chi connectivity index (χ1v) is 9.93. The van der Waals surface area contributed by atoms with Crippen LogP contribution in [0.2, 0.25) is 0 Å². The molecule has 0 unspecified atom stereocenters. The van der Waals surface area contributed by atoms with Gasteiger partial charge in [-0.15, -0.1) is 10.2 Å². The molecular formula is C20H17FN4O3S. The Labute approximate surface area is 170 Å². The van der Waals surface area contributed by atoms with Gasteiger partial charge in [-0.1, -0.05) is 36.0 Å². The normalized spacial score (nSPS) is 16.1. The van der Waals surface area contributed by atoms with E-state index in [0.717, 1.165) is 11.8 Å². The van der Waals surface area contributed by atoms with Crippen molar-refractivity contribution in [1.29, 1.82) is 0 Å². The lowest BCUT2D eigenvalue weighted by molar-refractivity contribution is -0.117. The minimum absolute atomic E-state index is 0.0335. The van der Waals surface area contributed by atoms with Crippen LogP contribution in [0, 0.1) is 5.82 Å². The number of carbonyl (C=O) groups is 2. The number of carbonyl (C=O) groups excluding carboxylic acids is 2. The fourth-order valence-electron chi connectivity index (χ4n) is 3.17. The average Bonchev–Trinajstić information content (AvgIpc) is 3.12. The molecule has 1 aliphatic heterocycles. The predicted molar refractivity (Wildman–Crippen MR) is 107 cm³/mol. The third-order valence-corrected chi connectivity index (χ3v) is 5.26. The summed E-state index contributed by atoms with van der Waals surface area (Å²) >= 11 is 1.07. The topological polar surface area (TPSA) is 88.3 Å².